The van der Waals surface area contributed by atoms with Crippen molar-refractivity contribution in [1.82, 2.24) is 0 Å². The second kappa shape index (κ2) is 10.9. The van der Waals surface area contributed by atoms with Crippen LogP contribution in [0.1, 0.15) is 45.6 Å². The Kier molecular flexibility index (Phi) is 7.97. The first-order chi connectivity index (χ1) is 18.0. The minimum Gasteiger partial charge on any atom is -0.457 e. The maximum absolute atomic E-state index is 13.2. The van der Waals surface area contributed by atoms with Crippen molar-refractivity contribution in [2.24, 2.45) is 0 Å². The molecule has 4 rings (SSSR count). The molecule has 6 nitrogen and oxygen atoms in total. The van der Waals surface area contributed by atoms with E-state index in [-0.39, 0.29) is 31.4 Å². The standard InChI is InChI=1S/C30H32O6S2/c1-4-30(3,5-2)22-6-14-26(15-7-22)37(32,33)28-18-10-24(11-19-28)36-25-12-20-29(21-13-25)38(34,35)27-16-8-23(31)9-17-27/h6-8,10-21,23,31H,4-5,9H2,1-3H3. The van der Waals surface area contributed by atoms with Gasteiger partial charge in [0.2, 0.25) is 19.7 Å². The summed E-state index contributed by atoms with van der Waals surface area (Å²) in [6.07, 6.45) is 5.88. The molecule has 3 aromatic rings. The van der Waals surface area contributed by atoms with Gasteiger partial charge in [0.15, 0.2) is 0 Å². The second-order valence-electron chi connectivity index (χ2n) is 9.61. The fraction of sp³-hybridized carbons (Fsp3) is 0.267. The summed E-state index contributed by atoms with van der Waals surface area (Å²) in [4.78, 5) is 0.654. The van der Waals surface area contributed by atoms with Crippen molar-refractivity contribution < 1.29 is 26.7 Å². The molecule has 0 spiro atoms. The fourth-order valence-corrected chi connectivity index (χ4v) is 6.87. The average Bonchev–Trinajstić information content (AvgIpc) is 2.93. The van der Waals surface area contributed by atoms with E-state index in [1.165, 1.54) is 42.5 Å². The smallest absolute Gasteiger partial charge is 0.206 e. The summed E-state index contributed by atoms with van der Waals surface area (Å²) in [5, 5.41) is 9.54. The van der Waals surface area contributed by atoms with Crippen molar-refractivity contribution in [3.63, 3.8) is 0 Å². The van der Waals surface area contributed by atoms with E-state index in [4.69, 9.17) is 4.74 Å². The molecule has 200 valence electrons. The van der Waals surface area contributed by atoms with Crippen LogP contribution in [-0.4, -0.2) is 28.0 Å². The predicted molar refractivity (Wildman–Crippen MR) is 148 cm³/mol. The molecule has 0 fully saturated rings. The molecule has 8 heteroatoms. The molecular formula is C30H32O6S2. The van der Waals surface area contributed by atoms with Gasteiger partial charge in [-0.15, -0.1) is 0 Å². The zero-order valence-corrected chi connectivity index (χ0v) is 23.3. The SMILES string of the molecule is CCC(C)(CC)c1ccc(S(=O)(=O)c2ccc(Oc3ccc(S(=O)(=O)C4=CCC(O)C=C4)cc3)cc2)cc1. The summed E-state index contributed by atoms with van der Waals surface area (Å²) in [6, 6.07) is 19.2. The molecule has 0 saturated heterocycles. The van der Waals surface area contributed by atoms with Crippen LogP contribution in [0, 0.1) is 0 Å². The molecule has 0 amide bonds. The van der Waals surface area contributed by atoms with E-state index in [2.05, 4.69) is 20.8 Å². The quantitative estimate of drug-likeness (QED) is 0.331. The first kappa shape index (κ1) is 27.8. The van der Waals surface area contributed by atoms with Gasteiger partial charge in [-0.1, -0.05) is 45.1 Å². The largest absolute Gasteiger partial charge is 0.457 e. The number of hydrogen-bond acceptors (Lipinski definition) is 6. The van der Waals surface area contributed by atoms with Crippen LogP contribution >= 0.6 is 0 Å². The molecule has 3 aromatic carbocycles. The number of hydrogen-bond donors (Lipinski definition) is 1. The summed E-state index contributed by atoms with van der Waals surface area (Å²) < 4.78 is 57.8. The highest BCUT2D eigenvalue weighted by Crippen LogP contribution is 2.33. The number of rotatable bonds is 9. The maximum Gasteiger partial charge on any atom is 0.206 e. The Balaban J connectivity index is 1.47. The van der Waals surface area contributed by atoms with E-state index in [0.29, 0.717) is 11.5 Å². The lowest BCUT2D eigenvalue weighted by Crippen LogP contribution is -2.19. The van der Waals surface area contributed by atoms with Gasteiger partial charge in [0.05, 0.1) is 25.7 Å². The van der Waals surface area contributed by atoms with Gasteiger partial charge in [-0.05, 0) is 97.0 Å². The van der Waals surface area contributed by atoms with Crippen LogP contribution in [-0.2, 0) is 25.1 Å². The summed E-state index contributed by atoms with van der Waals surface area (Å²) in [5.41, 5.74) is 1.13. The molecular weight excluding hydrogens is 520 g/mol. The summed E-state index contributed by atoms with van der Waals surface area (Å²) in [6.45, 7) is 6.45. The van der Waals surface area contributed by atoms with Crippen molar-refractivity contribution in [2.75, 3.05) is 0 Å². The Hall–Kier alpha value is -3.20. The Bertz CT molecular complexity index is 1550. The number of aliphatic hydroxyl groups is 1. The van der Waals surface area contributed by atoms with E-state index in [1.807, 2.05) is 12.1 Å². The topological polar surface area (TPSA) is 97.7 Å². The summed E-state index contributed by atoms with van der Waals surface area (Å²) in [7, 11) is -7.39. The molecule has 1 unspecified atom stereocenters. The van der Waals surface area contributed by atoms with Crippen LogP contribution in [0.15, 0.2) is 111 Å². The lowest BCUT2D eigenvalue weighted by atomic mass is 9.78. The third kappa shape index (κ3) is 5.62. The van der Waals surface area contributed by atoms with Crippen LogP contribution in [0.25, 0.3) is 0 Å². The number of aliphatic hydroxyl groups excluding tert-OH is 1. The lowest BCUT2D eigenvalue weighted by Gasteiger charge is -2.27. The number of benzene rings is 3. The molecule has 0 radical (unpaired) electrons. The molecule has 0 aliphatic heterocycles. The van der Waals surface area contributed by atoms with E-state index >= 15 is 0 Å². The zero-order valence-electron chi connectivity index (χ0n) is 21.7. The minimum atomic E-state index is -3.70. The number of sulfone groups is 2. The first-order valence-electron chi connectivity index (χ1n) is 12.5. The van der Waals surface area contributed by atoms with Crippen molar-refractivity contribution in [3.8, 4) is 11.5 Å². The first-order valence-corrected chi connectivity index (χ1v) is 15.5. The van der Waals surface area contributed by atoms with Crippen LogP contribution in [0.2, 0.25) is 0 Å². The molecule has 0 bridgehead atoms. The van der Waals surface area contributed by atoms with E-state index in [0.717, 1.165) is 18.4 Å². The number of allylic oxidation sites excluding steroid dienone is 1. The third-order valence-electron chi connectivity index (χ3n) is 7.28. The third-order valence-corrected chi connectivity index (χ3v) is 10.9. The van der Waals surface area contributed by atoms with Crippen molar-refractivity contribution in [2.45, 2.75) is 66.2 Å². The Morgan fingerprint density at radius 3 is 1.63 bits per heavy atom. The van der Waals surface area contributed by atoms with Gasteiger partial charge in [-0.2, -0.15) is 0 Å². The molecule has 0 saturated carbocycles. The Morgan fingerprint density at radius 2 is 1.21 bits per heavy atom. The van der Waals surface area contributed by atoms with Gasteiger partial charge in [-0.25, -0.2) is 16.8 Å². The molecule has 1 aliphatic carbocycles. The Labute approximate surface area is 225 Å². The van der Waals surface area contributed by atoms with Gasteiger partial charge >= 0.3 is 0 Å². The Morgan fingerprint density at radius 1 is 0.763 bits per heavy atom. The second-order valence-corrected chi connectivity index (χ2v) is 13.5. The average molecular weight is 553 g/mol. The predicted octanol–water partition coefficient (Wildman–Crippen LogP) is 6.37. The van der Waals surface area contributed by atoms with Crippen LogP contribution in [0.3, 0.4) is 0 Å². The van der Waals surface area contributed by atoms with E-state index < -0.39 is 25.8 Å². The van der Waals surface area contributed by atoms with Crippen LogP contribution in [0.4, 0.5) is 0 Å². The van der Waals surface area contributed by atoms with Crippen LogP contribution < -0.4 is 4.74 Å². The molecule has 0 heterocycles. The van der Waals surface area contributed by atoms with E-state index in [1.54, 1.807) is 36.4 Å². The summed E-state index contributed by atoms with van der Waals surface area (Å²) in [5.74, 6) is 0.831. The van der Waals surface area contributed by atoms with Gasteiger partial charge in [0.25, 0.3) is 0 Å². The highest BCUT2D eigenvalue weighted by atomic mass is 32.2. The van der Waals surface area contributed by atoms with Crippen LogP contribution in [0.5, 0.6) is 11.5 Å². The maximum atomic E-state index is 13.2. The van der Waals surface area contributed by atoms with Crippen molar-refractivity contribution in [1.29, 1.82) is 0 Å². The van der Waals surface area contributed by atoms with E-state index in [9.17, 15) is 21.9 Å². The highest BCUT2D eigenvalue weighted by Gasteiger charge is 2.24. The van der Waals surface area contributed by atoms with Crippen molar-refractivity contribution >= 4 is 19.7 Å². The van der Waals surface area contributed by atoms with Gasteiger partial charge in [0, 0.05) is 0 Å². The normalized spacial score (nSPS) is 16.2. The zero-order chi connectivity index (χ0) is 27.6. The monoisotopic (exact) mass is 552 g/mol. The molecule has 38 heavy (non-hydrogen) atoms. The van der Waals surface area contributed by atoms with Gasteiger partial charge < -0.3 is 9.84 Å². The van der Waals surface area contributed by atoms with Crippen molar-refractivity contribution in [3.05, 3.63) is 101 Å². The fourth-order valence-electron chi connectivity index (χ4n) is 4.27. The molecule has 0 aromatic heterocycles. The highest BCUT2D eigenvalue weighted by molar-refractivity contribution is 7.95. The van der Waals surface area contributed by atoms with Gasteiger partial charge in [-0.3, -0.25) is 0 Å². The molecule has 1 atom stereocenters. The minimum absolute atomic E-state index is 0.0113. The number of ether oxygens (including phenoxy) is 1. The van der Waals surface area contributed by atoms with Gasteiger partial charge in [0.1, 0.15) is 11.5 Å². The molecule has 1 N–H and O–H groups in total. The lowest BCUT2D eigenvalue weighted by molar-refractivity contribution is 0.225. The molecule has 1 aliphatic rings. The summed E-state index contributed by atoms with van der Waals surface area (Å²) >= 11 is 0.